The number of anilines is 1. The van der Waals surface area contributed by atoms with Crippen LogP contribution in [0.1, 0.15) is 18.4 Å². The molecule has 0 amide bonds. The van der Waals surface area contributed by atoms with Gasteiger partial charge in [-0.15, -0.1) is 0 Å². The minimum atomic E-state index is 0.436. The van der Waals surface area contributed by atoms with Crippen LogP contribution in [0.5, 0.6) is 0 Å². The van der Waals surface area contributed by atoms with E-state index in [1.807, 2.05) is 49.3 Å². The number of benzene rings is 1. The highest BCUT2D eigenvalue weighted by atomic mass is 16.5. The molecule has 1 aromatic carbocycles. The number of hydrogen-bond acceptors (Lipinski definition) is 5. The Morgan fingerprint density at radius 1 is 1.38 bits per heavy atom. The van der Waals surface area contributed by atoms with Crippen LogP contribution in [-0.4, -0.2) is 52.4 Å². The Hall–Kier alpha value is -2.18. The Kier molecular flexibility index (Phi) is 6.96. The number of aliphatic imine (C=N–C) groups is 2. The summed E-state index contributed by atoms with van der Waals surface area (Å²) in [7, 11) is 3.97. The summed E-state index contributed by atoms with van der Waals surface area (Å²) in [6, 6.07) is 8.41. The summed E-state index contributed by atoms with van der Waals surface area (Å²) in [5, 5.41) is 3.45. The molecule has 1 aromatic rings. The smallest absolute Gasteiger partial charge is 0.162 e. The monoisotopic (exact) mass is 329 g/mol. The first-order valence-electron chi connectivity index (χ1n) is 8.20. The lowest BCUT2D eigenvalue weighted by atomic mass is 10.1. The molecule has 1 heterocycles. The zero-order chi connectivity index (χ0) is 17.4. The predicted molar refractivity (Wildman–Crippen MR) is 101 cm³/mol. The molecule has 0 radical (unpaired) electrons. The topological polar surface area (TPSA) is 75.2 Å². The van der Waals surface area contributed by atoms with Gasteiger partial charge in [0.1, 0.15) is 5.82 Å². The van der Waals surface area contributed by atoms with Crippen LogP contribution in [0.3, 0.4) is 0 Å². The molecule has 0 saturated carbocycles. The van der Waals surface area contributed by atoms with Crippen LogP contribution in [-0.2, 0) is 4.74 Å². The highest BCUT2D eigenvalue weighted by Crippen LogP contribution is 2.19. The molecule has 130 valence electrons. The van der Waals surface area contributed by atoms with Gasteiger partial charge in [0.25, 0.3) is 0 Å². The third-order valence-electron chi connectivity index (χ3n) is 3.95. The van der Waals surface area contributed by atoms with Crippen LogP contribution >= 0.6 is 0 Å². The Balaban J connectivity index is 2.06. The molecule has 0 aromatic heterocycles. The minimum Gasteiger partial charge on any atom is -0.384 e. The molecular formula is C18H27N5O. The van der Waals surface area contributed by atoms with Crippen LogP contribution in [0.4, 0.5) is 5.69 Å². The molecule has 1 fully saturated rings. The van der Waals surface area contributed by atoms with E-state index in [9.17, 15) is 0 Å². The van der Waals surface area contributed by atoms with Gasteiger partial charge in [-0.25, -0.2) is 9.98 Å². The molecule has 6 nitrogen and oxygen atoms in total. The Morgan fingerprint density at radius 2 is 2.08 bits per heavy atom. The van der Waals surface area contributed by atoms with Gasteiger partial charge in [-0.3, -0.25) is 0 Å². The maximum absolute atomic E-state index is 6.04. The molecule has 6 heteroatoms. The summed E-state index contributed by atoms with van der Waals surface area (Å²) >= 11 is 0. The zero-order valence-electron chi connectivity index (χ0n) is 14.5. The third-order valence-corrected chi connectivity index (χ3v) is 3.95. The van der Waals surface area contributed by atoms with Gasteiger partial charge >= 0.3 is 0 Å². The normalized spacial score (nSPS) is 16.9. The second-order valence-corrected chi connectivity index (χ2v) is 5.93. The number of nitrogens with zero attached hydrogens (tertiary/aromatic N) is 3. The van der Waals surface area contributed by atoms with Crippen molar-refractivity contribution in [3.05, 3.63) is 41.7 Å². The van der Waals surface area contributed by atoms with Gasteiger partial charge in [-0.2, -0.15) is 0 Å². The van der Waals surface area contributed by atoms with E-state index in [1.54, 1.807) is 0 Å². The van der Waals surface area contributed by atoms with Gasteiger partial charge in [0.15, 0.2) is 5.84 Å². The lowest BCUT2D eigenvalue weighted by Gasteiger charge is -2.22. The van der Waals surface area contributed by atoms with Crippen LogP contribution in [0.2, 0.25) is 0 Å². The summed E-state index contributed by atoms with van der Waals surface area (Å²) in [6.45, 7) is 5.95. The molecule has 24 heavy (non-hydrogen) atoms. The van der Waals surface area contributed by atoms with Crippen molar-refractivity contribution in [2.75, 3.05) is 38.8 Å². The van der Waals surface area contributed by atoms with Crippen LogP contribution in [0.15, 0.2) is 46.1 Å². The fourth-order valence-corrected chi connectivity index (χ4v) is 2.63. The molecule has 1 saturated heterocycles. The highest BCUT2D eigenvalue weighted by Gasteiger charge is 2.12. The lowest BCUT2D eigenvalue weighted by molar-refractivity contribution is 0.0789. The molecule has 0 spiro atoms. The quantitative estimate of drug-likeness (QED) is 0.616. The van der Waals surface area contributed by atoms with Gasteiger partial charge in [-0.1, -0.05) is 12.1 Å². The summed E-state index contributed by atoms with van der Waals surface area (Å²) in [5.41, 5.74) is 7.97. The van der Waals surface area contributed by atoms with Crippen LogP contribution < -0.4 is 16.0 Å². The molecule has 0 unspecified atom stereocenters. The first-order chi connectivity index (χ1) is 11.6. The Labute approximate surface area is 144 Å². The van der Waals surface area contributed by atoms with Crippen molar-refractivity contribution in [2.45, 2.75) is 18.9 Å². The Bertz CT molecular complexity index is 603. The first-order valence-corrected chi connectivity index (χ1v) is 8.20. The van der Waals surface area contributed by atoms with E-state index in [2.05, 4.69) is 22.0 Å². The van der Waals surface area contributed by atoms with Gasteiger partial charge in [0, 0.05) is 51.1 Å². The molecule has 2 rings (SSSR count). The van der Waals surface area contributed by atoms with E-state index < -0.39 is 0 Å². The van der Waals surface area contributed by atoms with E-state index in [0.29, 0.717) is 24.2 Å². The molecule has 0 bridgehead atoms. The maximum atomic E-state index is 6.04. The molecule has 0 aliphatic carbocycles. The van der Waals surface area contributed by atoms with Crippen molar-refractivity contribution in [1.82, 2.24) is 5.32 Å². The second kappa shape index (κ2) is 9.20. The maximum Gasteiger partial charge on any atom is 0.162 e. The fourth-order valence-electron chi connectivity index (χ4n) is 2.63. The molecule has 1 aliphatic heterocycles. The van der Waals surface area contributed by atoms with E-state index in [0.717, 1.165) is 37.3 Å². The van der Waals surface area contributed by atoms with Gasteiger partial charge < -0.3 is 20.7 Å². The summed E-state index contributed by atoms with van der Waals surface area (Å²) in [5.74, 6) is 0.963. The van der Waals surface area contributed by atoms with Crippen molar-refractivity contribution >= 4 is 18.2 Å². The number of rotatable bonds is 6. The number of nitrogens with one attached hydrogen (secondary N) is 1. The highest BCUT2D eigenvalue weighted by molar-refractivity contribution is 6.06. The number of hydrogen-bond donors (Lipinski definition) is 2. The van der Waals surface area contributed by atoms with Crippen molar-refractivity contribution in [1.29, 1.82) is 0 Å². The van der Waals surface area contributed by atoms with E-state index in [4.69, 9.17) is 10.5 Å². The second-order valence-electron chi connectivity index (χ2n) is 5.93. The predicted octanol–water partition coefficient (Wildman–Crippen LogP) is 1.77. The number of para-hydroxylation sites is 1. The summed E-state index contributed by atoms with van der Waals surface area (Å²) in [6.07, 6.45) is 3.94. The van der Waals surface area contributed by atoms with Crippen molar-refractivity contribution in [3.8, 4) is 0 Å². The van der Waals surface area contributed by atoms with E-state index in [1.165, 1.54) is 0 Å². The van der Waals surface area contributed by atoms with Gasteiger partial charge in [-0.05, 0) is 37.8 Å². The first kappa shape index (κ1) is 18.2. The molecular weight excluding hydrogens is 302 g/mol. The van der Waals surface area contributed by atoms with Crippen molar-refractivity contribution < 1.29 is 4.74 Å². The van der Waals surface area contributed by atoms with Gasteiger partial charge in [0.05, 0.1) is 0 Å². The average Bonchev–Trinajstić information content (AvgIpc) is 2.60. The summed E-state index contributed by atoms with van der Waals surface area (Å²) in [4.78, 5) is 10.5. The van der Waals surface area contributed by atoms with Crippen LogP contribution in [0, 0.1) is 0 Å². The number of ether oxygens (including phenoxy) is 1. The standard InChI is InChI=1S/C18H27N5O/c1-20-18(15-6-4-5-7-16(15)23(2)3)22-17(19)8-11-21-14-9-12-24-13-10-14/h4-8,14,21H,1,9-13,19H2,2-3H3/b17-8-,22-18?. The van der Waals surface area contributed by atoms with Gasteiger partial charge in [0.2, 0.25) is 0 Å². The van der Waals surface area contributed by atoms with Crippen LogP contribution in [0.25, 0.3) is 0 Å². The van der Waals surface area contributed by atoms with E-state index in [-0.39, 0.29) is 0 Å². The minimum absolute atomic E-state index is 0.436. The number of amidine groups is 1. The van der Waals surface area contributed by atoms with Crippen molar-refractivity contribution in [3.63, 3.8) is 0 Å². The SMILES string of the molecule is C=NC(=N/C(N)=C\CNC1CCOCC1)c1ccccc1N(C)C. The van der Waals surface area contributed by atoms with E-state index >= 15 is 0 Å². The summed E-state index contributed by atoms with van der Waals surface area (Å²) < 4.78 is 5.35. The fraction of sp³-hybridized carbons (Fsp3) is 0.444. The Morgan fingerprint density at radius 3 is 2.75 bits per heavy atom. The lowest BCUT2D eigenvalue weighted by Crippen LogP contribution is -2.35. The average molecular weight is 329 g/mol. The zero-order valence-corrected chi connectivity index (χ0v) is 14.5. The number of nitrogens with two attached hydrogens (primary N) is 1. The largest absolute Gasteiger partial charge is 0.384 e. The molecule has 1 aliphatic rings. The third kappa shape index (κ3) is 5.18. The van der Waals surface area contributed by atoms with Crippen molar-refractivity contribution in [2.24, 2.45) is 15.7 Å². The molecule has 3 N–H and O–H groups in total. The molecule has 0 atom stereocenters.